The summed E-state index contributed by atoms with van der Waals surface area (Å²) < 4.78 is 0. The van der Waals surface area contributed by atoms with Crippen molar-refractivity contribution >= 4 is 34.5 Å². The lowest BCUT2D eigenvalue weighted by Gasteiger charge is -1.99. The van der Waals surface area contributed by atoms with E-state index < -0.39 is 0 Å². The number of hydrogen-bond acceptors (Lipinski definition) is 2. The topological polar surface area (TPSA) is 45.2 Å². The number of aliphatic imine (C=N–C) groups is 1. The predicted molar refractivity (Wildman–Crippen MR) is 90.9 cm³/mol. The average molecular weight is 311 g/mol. The summed E-state index contributed by atoms with van der Waals surface area (Å²) in [4.78, 5) is 19.4. The number of H-pyrrole nitrogens is 1. The Morgan fingerprint density at radius 1 is 1.14 bits per heavy atom. The Hall–Kier alpha value is -2.39. The van der Waals surface area contributed by atoms with Crippen LogP contribution in [0.4, 0.5) is 0 Å². The van der Waals surface area contributed by atoms with Crippen molar-refractivity contribution in [1.29, 1.82) is 0 Å². The van der Waals surface area contributed by atoms with Gasteiger partial charge in [0.25, 0.3) is 0 Å². The quantitative estimate of drug-likeness (QED) is 0.710. The SMILES string of the molecule is O=C(CN=Cc1c[nH]c2ccccc12)Cc1ccc(Cl)cc1. The van der Waals surface area contributed by atoms with Gasteiger partial charge in [-0.2, -0.15) is 0 Å². The summed E-state index contributed by atoms with van der Waals surface area (Å²) in [6.07, 6.45) is 4.03. The highest BCUT2D eigenvalue weighted by Gasteiger charge is 2.03. The van der Waals surface area contributed by atoms with Crippen LogP contribution in [-0.2, 0) is 11.2 Å². The summed E-state index contributed by atoms with van der Waals surface area (Å²) in [6, 6.07) is 15.3. The number of Topliss-reactive ketones (excluding diaryl/α,β-unsaturated/α-hetero) is 1. The molecule has 0 saturated heterocycles. The molecule has 22 heavy (non-hydrogen) atoms. The van der Waals surface area contributed by atoms with E-state index in [0.717, 1.165) is 22.0 Å². The van der Waals surface area contributed by atoms with Gasteiger partial charge in [-0.1, -0.05) is 41.9 Å². The lowest BCUT2D eigenvalue weighted by atomic mass is 10.1. The number of para-hydroxylation sites is 1. The Balaban J connectivity index is 1.62. The second-order valence-electron chi connectivity index (χ2n) is 5.10. The van der Waals surface area contributed by atoms with E-state index in [9.17, 15) is 4.79 Å². The zero-order valence-corrected chi connectivity index (χ0v) is 12.7. The fourth-order valence-corrected chi connectivity index (χ4v) is 2.46. The molecule has 0 atom stereocenters. The Bertz CT molecular complexity index is 818. The standard InChI is InChI=1S/C18H15ClN2O/c19-15-7-5-13(6-8-15)9-16(22)12-20-10-14-11-21-18-4-2-1-3-17(14)18/h1-8,10-11,21H,9,12H2. The van der Waals surface area contributed by atoms with Crippen molar-refractivity contribution in [2.45, 2.75) is 6.42 Å². The van der Waals surface area contributed by atoms with Crippen LogP contribution < -0.4 is 0 Å². The molecule has 0 radical (unpaired) electrons. The molecule has 0 amide bonds. The largest absolute Gasteiger partial charge is 0.361 e. The van der Waals surface area contributed by atoms with Crippen LogP contribution in [0.1, 0.15) is 11.1 Å². The minimum atomic E-state index is 0.0819. The molecule has 3 rings (SSSR count). The molecule has 3 nitrogen and oxygen atoms in total. The molecule has 1 N–H and O–H groups in total. The summed E-state index contributed by atoms with van der Waals surface area (Å²) in [6.45, 7) is 0.183. The van der Waals surface area contributed by atoms with Gasteiger partial charge in [-0.15, -0.1) is 0 Å². The molecular formula is C18H15ClN2O. The maximum atomic E-state index is 11.9. The van der Waals surface area contributed by atoms with Crippen LogP contribution in [0.25, 0.3) is 10.9 Å². The number of ketones is 1. The van der Waals surface area contributed by atoms with Crippen LogP contribution in [0.3, 0.4) is 0 Å². The number of nitrogens with one attached hydrogen (secondary N) is 1. The van der Waals surface area contributed by atoms with Crippen molar-refractivity contribution in [2.75, 3.05) is 6.54 Å². The molecule has 0 saturated carbocycles. The maximum Gasteiger partial charge on any atom is 0.158 e. The molecule has 2 aromatic carbocycles. The van der Waals surface area contributed by atoms with Gasteiger partial charge in [-0.3, -0.25) is 9.79 Å². The molecule has 0 unspecified atom stereocenters. The second-order valence-corrected chi connectivity index (χ2v) is 5.54. The van der Waals surface area contributed by atoms with E-state index in [0.29, 0.717) is 11.4 Å². The fourth-order valence-electron chi connectivity index (χ4n) is 2.33. The van der Waals surface area contributed by atoms with Crippen molar-refractivity contribution in [3.05, 3.63) is 70.9 Å². The average Bonchev–Trinajstić information content (AvgIpc) is 2.93. The van der Waals surface area contributed by atoms with Gasteiger partial charge in [0.2, 0.25) is 0 Å². The minimum absolute atomic E-state index is 0.0819. The highest BCUT2D eigenvalue weighted by Crippen LogP contribution is 2.15. The number of nitrogens with zero attached hydrogens (tertiary/aromatic N) is 1. The lowest BCUT2D eigenvalue weighted by Crippen LogP contribution is -2.06. The molecule has 1 aromatic heterocycles. The molecule has 0 aliphatic heterocycles. The predicted octanol–water partition coefficient (Wildman–Crippen LogP) is 4.05. The molecular weight excluding hydrogens is 296 g/mol. The van der Waals surface area contributed by atoms with Crippen LogP contribution in [-0.4, -0.2) is 23.5 Å². The molecule has 110 valence electrons. The zero-order chi connectivity index (χ0) is 15.4. The third-order valence-corrected chi connectivity index (χ3v) is 3.69. The van der Waals surface area contributed by atoms with Gasteiger partial charge in [0.15, 0.2) is 5.78 Å². The van der Waals surface area contributed by atoms with Gasteiger partial charge in [-0.05, 0) is 23.8 Å². The van der Waals surface area contributed by atoms with Gasteiger partial charge in [0.1, 0.15) is 0 Å². The first kappa shape index (κ1) is 14.5. The second kappa shape index (κ2) is 6.58. The van der Waals surface area contributed by atoms with E-state index in [1.54, 1.807) is 18.3 Å². The number of fused-ring (bicyclic) bond motifs is 1. The van der Waals surface area contributed by atoms with Gasteiger partial charge >= 0.3 is 0 Å². The molecule has 0 aliphatic carbocycles. The van der Waals surface area contributed by atoms with Gasteiger partial charge in [-0.25, -0.2) is 0 Å². The van der Waals surface area contributed by atoms with Crippen molar-refractivity contribution in [1.82, 2.24) is 4.98 Å². The number of carbonyl (C=O) groups is 1. The normalized spacial score (nSPS) is 11.3. The Labute approximate surface area is 133 Å². The smallest absolute Gasteiger partial charge is 0.158 e. The van der Waals surface area contributed by atoms with Crippen LogP contribution in [0.15, 0.2) is 59.7 Å². The first-order valence-electron chi connectivity index (χ1n) is 7.04. The Morgan fingerprint density at radius 2 is 1.91 bits per heavy atom. The Kier molecular flexibility index (Phi) is 4.35. The number of hydrogen-bond donors (Lipinski definition) is 1. The van der Waals surface area contributed by atoms with Gasteiger partial charge < -0.3 is 4.98 Å². The van der Waals surface area contributed by atoms with E-state index >= 15 is 0 Å². The summed E-state index contributed by atoms with van der Waals surface area (Å²) in [7, 11) is 0. The first-order valence-corrected chi connectivity index (χ1v) is 7.42. The number of aromatic amines is 1. The van der Waals surface area contributed by atoms with Gasteiger partial charge in [0.05, 0.1) is 6.54 Å². The lowest BCUT2D eigenvalue weighted by molar-refractivity contribution is -0.117. The number of halogens is 1. The maximum absolute atomic E-state index is 11.9. The molecule has 0 spiro atoms. The van der Waals surface area contributed by atoms with Crippen LogP contribution in [0.5, 0.6) is 0 Å². The monoisotopic (exact) mass is 310 g/mol. The highest BCUT2D eigenvalue weighted by atomic mass is 35.5. The summed E-state index contributed by atoms with van der Waals surface area (Å²) in [5.74, 6) is 0.0819. The summed E-state index contributed by atoms with van der Waals surface area (Å²) in [5.41, 5.74) is 3.02. The zero-order valence-electron chi connectivity index (χ0n) is 11.9. The number of carbonyl (C=O) groups excluding carboxylic acids is 1. The Morgan fingerprint density at radius 3 is 2.73 bits per heavy atom. The molecule has 0 fully saturated rings. The number of rotatable bonds is 5. The fraction of sp³-hybridized carbons (Fsp3) is 0.111. The molecule has 3 aromatic rings. The van der Waals surface area contributed by atoms with Crippen molar-refractivity contribution in [2.24, 2.45) is 4.99 Å². The third kappa shape index (κ3) is 3.43. The molecule has 0 bridgehead atoms. The molecule has 4 heteroatoms. The van der Waals surface area contributed by atoms with E-state index in [1.807, 2.05) is 42.6 Å². The highest BCUT2D eigenvalue weighted by molar-refractivity contribution is 6.30. The van der Waals surface area contributed by atoms with Crippen molar-refractivity contribution in [3.63, 3.8) is 0 Å². The minimum Gasteiger partial charge on any atom is -0.361 e. The third-order valence-electron chi connectivity index (χ3n) is 3.43. The van der Waals surface area contributed by atoms with Crippen molar-refractivity contribution in [3.8, 4) is 0 Å². The van der Waals surface area contributed by atoms with E-state index in [4.69, 9.17) is 11.6 Å². The summed E-state index contributed by atoms with van der Waals surface area (Å²) >= 11 is 5.83. The van der Waals surface area contributed by atoms with E-state index in [1.165, 1.54) is 0 Å². The van der Waals surface area contributed by atoms with Crippen LogP contribution in [0, 0.1) is 0 Å². The van der Waals surface area contributed by atoms with E-state index in [2.05, 4.69) is 9.98 Å². The summed E-state index contributed by atoms with van der Waals surface area (Å²) in [5, 5.41) is 1.78. The first-order chi connectivity index (χ1) is 10.7. The molecule has 0 aliphatic rings. The number of benzene rings is 2. The van der Waals surface area contributed by atoms with Crippen molar-refractivity contribution < 1.29 is 4.79 Å². The van der Waals surface area contributed by atoms with E-state index in [-0.39, 0.29) is 12.3 Å². The molecule has 1 heterocycles. The number of aromatic nitrogens is 1. The van der Waals surface area contributed by atoms with Gasteiger partial charge in [0, 0.05) is 40.3 Å². The van der Waals surface area contributed by atoms with Crippen LogP contribution >= 0.6 is 11.6 Å². The van der Waals surface area contributed by atoms with Crippen LogP contribution in [0.2, 0.25) is 5.02 Å².